The number of nitrogens with zero attached hydrogens (tertiary/aromatic N) is 4. The molecule has 0 aliphatic heterocycles. The van der Waals surface area contributed by atoms with E-state index in [1.165, 1.54) is 6.07 Å². The van der Waals surface area contributed by atoms with Gasteiger partial charge < -0.3 is 4.74 Å². The van der Waals surface area contributed by atoms with Gasteiger partial charge in [-0.15, -0.1) is 20.4 Å². The highest BCUT2D eigenvalue weighted by Crippen LogP contribution is 2.27. The van der Waals surface area contributed by atoms with Crippen LogP contribution >= 0.6 is 0 Å². The zero-order chi connectivity index (χ0) is 12.3. The van der Waals surface area contributed by atoms with Gasteiger partial charge in [0.25, 0.3) is 0 Å². The van der Waals surface area contributed by atoms with Crippen molar-refractivity contribution in [1.29, 1.82) is 0 Å². The minimum absolute atomic E-state index is 0.00467. The van der Waals surface area contributed by atoms with Crippen LogP contribution in [-0.4, -0.2) is 27.0 Å². The Balaban J connectivity index is 2.40. The molecule has 1 aromatic carbocycles. The van der Waals surface area contributed by atoms with Crippen molar-refractivity contribution in [1.82, 2.24) is 20.4 Å². The summed E-state index contributed by atoms with van der Waals surface area (Å²) < 4.78 is 28.7. The van der Waals surface area contributed by atoms with Crippen LogP contribution in [0.25, 0.3) is 11.4 Å². The Hall–Kier alpha value is -2.18. The molecular weight excluding hydrogens is 230 g/mol. The monoisotopic (exact) mass is 238 g/mol. The van der Waals surface area contributed by atoms with E-state index >= 15 is 0 Å². The largest absolute Gasteiger partial charge is 0.434 e. The summed E-state index contributed by atoms with van der Waals surface area (Å²) in [4.78, 5) is 0. The quantitative estimate of drug-likeness (QED) is 0.816. The number of hydrogen-bond donors (Lipinski definition) is 0. The zero-order valence-corrected chi connectivity index (χ0v) is 8.84. The van der Waals surface area contributed by atoms with Crippen LogP contribution < -0.4 is 4.74 Å². The summed E-state index contributed by atoms with van der Waals surface area (Å²) in [6, 6.07) is 6.21. The summed E-state index contributed by atoms with van der Waals surface area (Å²) in [7, 11) is 0. The number of para-hydroxylation sites is 1. The summed E-state index contributed by atoms with van der Waals surface area (Å²) in [5, 5.41) is 15.0. The van der Waals surface area contributed by atoms with E-state index in [2.05, 4.69) is 25.1 Å². The molecule has 7 heteroatoms. The molecule has 0 spiro atoms. The number of hydrogen-bond acceptors (Lipinski definition) is 5. The average molecular weight is 238 g/mol. The normalized spacial score (nSPS) is 10.6. The molecule has 0 bridgehead atoms. The molecule has 88 valence electrons. The molecule has 0 amide bonds. The van der Waals surface area contributed by atoms with Crippen molar-refractivity contribution in [2.24, 2.45) is 0 Å². The Morgan fingerprint density at radius 2 is 1.71 bits per heavy atom. The molecule has 0 radical (unpaired) electrons. The molecular formula is C10H8F2N4O. The highest BCUT2D eigenvalue weighted by molar-refractivity contribution is 5.63. The Morgan fingerprint density at radius 3 is 2.35 bits per heavy atom. The van der Waals surface area contributed by atoms with E-state index in [-0.39, 0.29) is 11.6 Å². The van der Waals surface area contributed by atoms with E-state index < -0.39 is 6.61 Å². The van der Waals surface area contributed by atoms with Crippen LogP contribution in [0, 0.1) is 6.92 Å². The molecule has 0 saturated heterocycles. The number of rotatable bonds is 3. The van der Waals surface area contributed by atoms with E-state index in [0.717, 1.165) is 0 Å². The van der Waals surface area contributed by atoms with Crippen LogP contribution in [0.1, 0.15) is 5.82 Å². The predicted octanol–water partition coefficient (Wildman–Crippen LogP) is 1.84. The van der Waals surface area contributed by atoms with Gasteiger partial charge in [0.05, 0.1) is 5.56 Å². The Labute approximate surface area is 95.5 Å². The minimum Gasteiger partial charge on any atom is -0.434 e. The standard InChI is InChI=1S/C10H8F2N4O/c1-6-13-15-9(16-14-6)7-4-2-3-5-8(7)17-10(11)12/h2-5,10H,1H3. The molecule has 5 nitrogen and oxygen atoms in total. The first-order valence-corrected chi connectivity index (χ1v) is 4.75. The summed E-state index contributed by atoms with van der Waals surface area (Å²) in [5.74, 6) is 0.544. The van der Waals surface area contributed by atoms with E-state index in [0.29, 0.717) is 11.4 Å². The van der Waals surface area contributed by atoms with Gasteiger partial charge in [-0.05, 0) is 19.1 Å². The number of aryl methyl sites for hydroxylation is 1. The molecule has 0 unspecified atom stereocenters. The Bertz CT molecular complexity index is 504. The number of alkyl halides is 2. The van der Waals surface area contributed by atoms with Crippen LogP contribution in [0.2, 0.25) is 0 Å². The Kier molecular flexibility index (Phi) is 3.17. The highest BCUT2D eigenvalue weighted by atomic mass is 19.3. The van der Waals surface area contributed by atoms with Crippen molar-refractivity contribution in [2.45, 2.75) is 13.5 Å². The minimum atomic E-state index is -2.90. The van der Waals surface area contributed by atoms with Gasteiger partial charge in [-0.2, -0.15) is 8.78 Å². The maximum absolute atomic E-state index is 12.2. The SMILES string of the molecule is Cc1nnc(-c2ccccc2OC(F)F)nn1. The van der Waals surface area contributed by atoms with Gasteiger partial charge in [-0.25, -0.2) is 0 Å². The van der Waals surface area contributed by atoms with Gasteiger partial charge in [0, 0.05) is 0 Å². The summed E-state index contributed by atoms with van der Waals surface area (Å²) in [6.07, 6.45) is 0. The zero-order valence-electron chi connectivity index (χ0n) is 8.84. The van der Waals surface area contributed by atoms with Gasteiger partial charge in [0.2, 0.25) is 5.82 Å². The molecule has 1 aromatic heterocycles. The third kappa shape index (κ3) is 2.68. The molecule has 2 aromatic rings. The summed E-state index contributed by atoms with van der Waals surface area (Å²) in [6.45, 7) is -1.27. The number of halogens is 2. The van der Waals surface area contributed by atoms with Crippen molar-refractivity contribution >= 4 is 0 Å². The number of benzene rings is 1. The molecule has 0 fully saturated rings. The van der Waals surface area contributed by atoms with Gasteiger partial charge in [-0.1, -0.05) is 12.1 Å². The molecule has 0 aliphatic rings. The highest BCUT2D eigenvalue weighted by Gasteiger charge is 2.13. The fourth-order valence-electron chi connectivity index (χ4n) is 1.24. The number of aromatic nitrogens is 4. The summed E-state index contributed by atoms with van der Waals surface area (Å²) in [5.41, 5.74) is 0.327. The lowest BCUT2D eigenvalue weighted by molar-refractivity contribution is -0.0494. The van der Waals surface area contributed by atoms with E-state index in [1.807, 2.05) is 0 Å². The molecule has 0 aliphatic carbocycles. The van der Waals surface area contributed by atoms with Crippen LogP contribution in [0.3, 0.4) is 0 Å². The van der Waals surface area contributed by atoms with Gasteiger partial charge >= 0.3 is 6.61 Å². The van der Waals surface area contributed by atoms with Gasteiger partial charge in [0.1, 0.15) is 5.75 Å². The van der Waals surface area contributed by atoms with Crippen molar-refractivity contribution in [3.05, 3.63) is 30.1 Å². The lowest BCUT2D eigenvalue weighted by Crippen LogP contribution is -2.05. The first-order chi connectivity index (χ1) is 8.16. The molecule has 2 rings (SSSR count). The van der Waals surface area contributed by atoms with Crippen LogP contribution in [-0.2, 0) is 0 Å². The molecule has 17 heavy (non-hydrogen) atoms. The van der Waals surface area contributed by atoms with E-state index in [4.69, 9.17) is 0 Å². The maximum atomic E-state index is 12.2. The smallest absolute Gasteiger partial charge is 0.387 e. The lowest BCUT2D eigenvalue weighted by Gasteiger charge is -2.08. The second-order valence-electron chi connectivity index (χ2n) is 3.15. The predicted molar refractivity (Wildman–Crippen MR) is 54.4 cm³/mol. The Morgan fingerprint density at radius 1 is 1.06 bits per heavy atom. The van der Waals surface area contributed by atoms with Gasteiger partial charge in [-0.3, -0.25) is 0 Å². The van der Waals surface area contributed by atoms with Crippen molar-refractivity contribution in [3.63, 3.8) is 0 Å². The van der Waals surface area contributed by atoms with Crippen molar-refractivity contribution < 1.29 is 13.5 Å². The lowest BCUT2D eigenvalue weighted by atomic mass is 10.2. The van der Waals surface area contributed by atoms with Crippen LogP contribution in [0.15, 0.2) is 24.3 Å². The third-order valence-electron chi connectivity index (χ3n) is 1.92. The second kappa shape index (κ2) is 4.77. The van der Waals surface area contributed by atoms with Gasteiger partial charge in [0.15, 0.2) is 5.82 Å². The first-order valence-electron chi connectivity index (χ1n) is 4.75. The maximum Gasteiger partial charge on any atom is 0.387 e. The fraction of sp³-hybridized carbons (Fsp3) is 0.200. The van der Waals surface area contributed by atoms with Crippen molar-refractivity contribution in [2.75, 3.05) is 0 Å². The van der Waals surface area contributed by atoms with E-state index in [1.54, 1.807) is 25.1 Å². The van der Waals surface area contributed by atoms with Crippen LogP contribution in [0.4, 0.5) is 8.78 Å². The second-order valence-corrected chi connectivity index (χ2v) is 3.15. The first kappa shape index (κ1) is 11.3. The number of ether oxygens (including phenoxy) is 1. The molecule has 1 heterocycles. The fourth-order valence-corrected chi connectivity index (χ4v) is 1.24. The molecule has 0 atom stereocenters. The molecule has 0 saturated carbocycles. The topological polar surface area (TPSA) is 60.8 Å². The summed E-state index contributed by atoms with van der Waals surface area (Å²) >= 11 is 0. The molecule has 0 N–H and O–H groups in total. The van der Waals surface area contributed by atoms with E-state index in [9.17, 15) is 8.78 Å². The van der Waals surface area contributed by atoms with Crippen LogP contribution in [0.5, 0.6) is 5.75 Å². The third-order valence-corrected chi connectivity index (χ3v) is 1.92. The average Bonchev–Trinajstić information content (AvgIpc) is 2.30. The van der Waals surface area contributed by atoms with Crippen molar-refractivity contribution in [3.8, 4) is 17.1 Å².